The summed E-state index contributed by atoms with van der Waals surface area (Å²) >= 11 is 0. The van der Waals surface area contributed by atoms with E-state index in [1.54, 1.807) is 19.2 Å². The fourth-order valence-corrected chi connectivity index (χ4v) is 5.16. The normalized spacial score (nSPS) is 17.4. The number of nitrogens with one attached hydrogen (secondary N) is 2. The van der Waals surface area contributed by atoms with Gasteiger partial charge < -0.3 is 25.8 Å². The van der Waals surface area contributed by atoms with Crippen LogP contribution in [0.5, 0.6) is 11.5 Å². The number of nitrogens with zero attached hydrogens (tertiary/aromatic N) is 3. The predicted octanol–water partition coefficient (Wildman–Crippen LogP) is 2.52. The van der Waals surface area contributed by atoms with E-state index in [4.69, 9.17) is 10.5 Å². The van der Waals surface area contributed by atoms with Crippen molar-refractivity contribution in [1.82, 2.24) is 20.5 Å². The molecule has 1 aromatic heterocycles. The Morgan fingerprint density at radius 3 is 2.67 bits per heavy atom. The second kappa shape index (κ2) is 11.3. The van der Waals surface area contributed by atoms with Gasteiger partial charge in [-0.25, -0.2) is 18.6 Å². The van der Waals surface area contributed by atoms with Gasteiger partial charge in [-0.05, 0) is 47.9 Å². The third-order valence-electron chi connectivity index (χ3n) is 7.17. The van der Waals surface area contributed by atoms with Gasteiger partial charge in [-0.3, -0.25) is 19.9 Å². The topological polar surface area (TPSA) is 159 Å². The number of rotatable bonds is 8. The minimum Gasteiger partial charge on any atom is -0.506 e. The summed E-state index contributed by atoms with van der Waals surface area (Å²) in [5, 5.41) is 15.1. The lowest BCUT2D eigenvalue weighted by Crippen LogP contribution is -2.52. The number of carbonyl (C=O) groups excluding carboxylic acids is 3. The molecule has 1 saturated heterocycles. The smallest absolute Gasteiger partial charge is 0.322 e. The number of allylic oxidation sites excluding steroid dienone is 1. The number of aliphatic imine (C=N–C) groups is 1. The van der Waals surface area contributed by atoms with Gasteiger partial charge in [0.05, 0.1) is 24.4 Å². The summed E-state index contributed by atoms with van der Waals surface area (Å²) in [4.78, 5) is 47.6. The summed E-state index contributed by atoms with van der Waals surface area (Å²) in [6, 6.07) is 7.07. The van der Waals surface area contributed by atoms with Crippen LogP contribution in [-0.2, 0) is 17.8 Å². The molecule has 5 N–H and O–H groups in total. The van der Waals surface area contributed by atoms with Crippen LogP contribution in [0.25, 0.3) is 16.8 Å². The van der Waals surface area contributed by atoms with Crippen LogP contribution < -0.4 is 21.1 Å². The molecule has 0 bridgehead atoms. The van der Waals surface area contributed by atoms with Crippen LogP contribution in [0.1, 0.15) is 27.2 Å². The minimum atomic E-state index is -1.17. The second-order valence-electron chi connectivity index (χ2n) is 9.65. The second-order valence-corrected chi connectivity index (χ2v) is 9.65. The number of aromatic hydroxyl groups is 1. The molecule has 2 aromatic carbocycles. The average Bonchev–Trinajstić information content (AvgIpc) is 3.49. The maximum Gasteiger partial charge on any atom is 0.322 e. The number of hydrogen-bond donors (Lipinski definition) is 4. The molecular formula is C29H26F2N6O5. The number of aromatic nitrogens is 1. The number of amides is 4. The number of fused-ring (bicyclic) bond motifs is 1. The quantitative estimate of drug-likeness (QED) is 0.237. The van der Waals surface area contributed by atoms with Crippen LogP contribution in [0.3, 0.4) is 0 Å². The van der Waals surface area contributed by atoms with Crippen LogP contribution in [0.15, 0.2) is 53.7 Å². The molecule has 1 unspecified atom stereocenters. The Bertz CT molecular complexity index is 1670. The molecule has 11 nitrogen and oxygen atoms in total. The fraction of sp³-hybridized carbons (Fsp3) is 0.207. The number of ether oxygens (including phenoxy) is 1. The zero-order valence-electron chi connectivity index (χ0n) is 22.5. The summed E-state index contributed by atoms with van der Waals surface area (Å²) < 4.78 is 35.6. The molecule has 5 rings (SSSR count). The predicted molar refractivity (Wildman–Crippen MR) is 149 cm³/mol. The van der Waals surface area contributed by atoms with E-state index in [1.807, 2.05) is 0 Å². The van der Waals surface area contributed by atoms with E-state index in [-0.39, 0.29) is 41.3 Å². The largest absolute Gasteiger partial charge is 0.506 e. The summed E-state index contributed by atoms with van der Waals surface area (Å²) in [5.41, 5.74) is 7.00. The van der Waals surface area contributed by atoms with Crippen LogP contribution in [0, 0.1) is 11.6 Å². The molecule has 2 atom stereocenters. The maximum atomic E-state index is 15.5. The first-order valence-corrected chi connectivity index (χ1v) is 12.8. The van der Waals surface area contributed by atoms with E-state index in [0.717, 1.165) is 0 Å². The number of urea groups is 1. The molecule has 0 spiro atoms. The van der Waals surface area contributed by atoms with Crippen molar-refractivity contribution in [3.05, 3.63) is 82.7 Å². The number of benzene rings is 2. The van der Waals surface area contributed by atoms with Gasteiger partial charge in [-0.15, -0.1) is 0 Å². The van der Waals surface area contributed by atoms with Crippen LogP contribution >= 0.6 is 0 Å². The van der Waals surface area contributed by atoms with Gasteiger partial charge >= 0.3 is 6.03 Å². The highest BCUT2D eigenvalue weighted by Crippen LogP contribution is 2.35. The minimum absolute atomic E-state index is 0.00908. The van der Waals surface area contributed by atoms with Gasteiger partial charge in [0, 0.05) is 37.1 Å². The highest BCUT2D eigenvalue weighted by atomic mass is 19.1. The summed E-state index contributed by atoms with van der Waals surface area (Å²) in [6.45, 7) is -0.0391. The Balaban J connectivity index is 1.49. The van der Waals surface area contributed by atoms with Crippen molar-refractivity contribution >= 4 is 29.6 Å². The lowest BCUT2D eigenvalue weighted by atomic mass is 9.96. The molecule has 216 valence electrons. The molecule has 2 aliphatic rings. The molecule has 3 heterocycles. The number of methoxy groups -OCH3 is 1. The number of imide groups is 1. The van der Waals surface area contributed by atoms with Crippen molar-refractivity contribution in [1.29, 1.82) is 0 Å². The lowest BCUT2D eigenvalue weighted by molar-refractivity contribution is -0.121. The van der Waals surface area contributed by atoms with E-state index < -0.39 is 41.6 Å². The van der Waals surface area contributed by atoms with Crippen molar-refractivity contribution in [2.75, 3.05) is 14.2 Å². The molecule has 0 aliphatic carbocycles. The zero-order valence-corrected chi connectivity index (χ0v) is 22.5. The Kier molecular flexibility index (Phi) is 7.57. The van der Waals surface area contributed by atoms with Crippen molar-refractivity contribution in [2.24, 2.45) is 10.7 Å². The first-order valence-electron chi connectivity index (χ1n) is 12.8. The highest BCUT2D eigenvalue weighted by Gasteiger charge is 2.44. The van der Waals surface area contributed by atoms with Crippen molar-refractivity contribution in [2.45, 2.75) is 25.0 Å². The summed E-state index contributed by atoms with van der Waals surface area (Å²) in [5.74, 6) is -3.31. The van der Waals surface area contributed by atoms with Gasteiger partial charge in [0.1, 0.15) is 23.3 Å². The van der Waals surface area contributed by atoms with Crippen LogP contribution in [0.2, 0.25) is 0 Å². The van der Waals surface area contributed by atoms with E-state index in [1.165, 1.54) is 54.8 Å². The molecule has 42 heavy (non-hydrogen) atoms. The third kappa shape index (κ3) is 5.00. The number of carbonyl (C=O) groups is 3. The van der Waals surface area contributed by atoms with E-state index in [2.05, 4.69) is 20.6 Å². The SMILES string of the molecule is CN=CC(=CN)c1ccc(O)c(-c2ccc(CC([C@H]3NC(=O)NC3=O)N3Cc4ccc(OC)c(F)c4C3=O)cc2F)n1. The van der Waals surface area contributed by atoms with Gasteiger partial charge in [-0.2, -0.15) is 0 Å². The molecule has 3 aromatic rings. The monoisotopic (exact) mass is 576 g/mol. The maximum absolute atomic E-state index is 15.5. The number of pyridine rings is 1. The number of hydrogen-bond acceptors (Lipinski definition) is 8. The standard InChI is InChI=1S/C29H26F2N6O5/c1-33-12-16(11-32)19-6-7-21(38)25(34-19)17-5-3-14(9-18(17)30)10-20(26-27(39)36-29(41)35-26)37-13-15-4-8-22(42-2)24(31)23(15)28(37)40/h3-9,11-12,20,26,38H,10,13,32H2,1-2H3,(H2,35,36,39,41)/t20?,26-/m1/s1. The molecule has 1 fully saturated rings. The Labute approximate surface area is 238 Å². The van der Waals surface area contributed by atoms with Crippen LogP contribution in [0.4, 0.5) is 13.6 Å². The molecule has 2 aliphatic heterocycles. The first kappa shape index (κ1) is 28.2. The number of nitrogens with two attached hydrogens (primary N) is 1. The van der Waals surface area contributed by atoms with Gasteiger partial charge in [-0.1, -0.05) is 12.1 Å². The van der Waals surface area contributed by atoms with Crippen molar-refractivity contribution < 1.29 is 33.0 Å². The lowest BCUT2D eigenvalue weighted by Gasteiger charge is -2.31. The van der Waals surface area contributed by atoms with Gasteiger partial charge in [0.2, 0.25) is 0 Å². The van der Waals surface area contributed by atoms with Gasteiger partial charge in [0.15, 0.2) is 11.6 Å². The highest BCUT2D eigenvalue weighted by molar-refractivity contribution is 6.09. The molecular weight excluding hydrogens is 550 g/mol. The fourth-order valence-electron chi connectivity index (χ4n) is 5.16. The van der Waals surface area contributed by atoms with Crippen molar-refractivity contribution in [3.8, 4) is 22.8 Å². The molecule has 13 heteroatoms. The average molecular weight is 577 g/mol. The Hall–Kier alpha value is -5.33. The Morgan fingerprint density at radius 2 is 2.02 bits per heavy atom. The molecule has 0 radical (unpaired) electrons. The van der Waals surface area contributed by atoms with E-state index in [9.17, 15) is 19.5 Å². The van der Waals surface area contributed by atoms with Gasteiger partial charge in [0.25, 0.3) is 11.8 Å². The summed E-state index contributed by atoms with van der Waals surface area (Å²) in [7, 11) is 2.83. The Morgan fingerprint density at radius 1 is 1.24 bits per heavy atom. The number of halogens is 2. The summed E-state index contributed by atoms with van der Waals surface area (Å²) in [6.07, 6.45) is 2.69. The van der Waals surface area contributed by atoms with E-state index in [0.29, 0.717) is 22.4 Å². The van der Waals surface area contributed by atoms with E-state index >= 15 is 8.78 Å². The third-order valence-corrected chi connectivity index (χ3v) is 7.17. The zero-order chi connectivity index (χ0) is 30.1. The molecule has 4 amide bonds. The first-order chi connectivity index (χ1) is 20.2. The molecule has 0 saturated carbocycles. The van der Waals surface area contributed by atoms with Crippen LogP contribution in [-0.4, -0.2) is 65.3 Å². The van der Waals surface area contributed by atoms with Crippen molar-refractivity contribution in [3.63, 3.8) is 0 Å².